The van der Waals surface area contributed by atoms with Crippen molar-refractivity contribution in [1.29, 1.82) is 0 Å². The maximum Gasteiger partial charge on any atom is 0.222 e. The average Bonchev–Trinajstić information content (AvgIpc) is 2.59. The van der Waals surface area contributed by atoms with Crippen molar-refractivity contribution in [2.45, 2.75) is 66.2 Å². The molecule has 0 saturated carbocycles. The lowest BCUT2D eigenvalue weighted by molar-refractivity contribution is -0.133. The molecule has 1 amide bonds. The Kier molecular flexibility index (Phi) is 7.39. The maximum atomic E-state index is 12.5. The Morgan fingerprint density at radius 1 is 0.957 bits per heavy atom. The van der Waals surface area contributed by atoms with Gasteiger partial charge in [0.05, 0.1) is 0 Å². The summed E-state index contributed by atoms with van der Waals surface area (Å²) in [5.74, 6) is 3.52. The molecular formula is C20H38N2O. The first-order valence-corrected chi connectivity index (χ1v) is 10.0. The number of carbonyl (C=O) groups is 1. The molecule has 23 heavy (non-hydrogen) atoms. The topological polar surface area (TPSA) is 23.6 Å². The van der Waals surface area contributed by atoms with Crippen LogP contribution in [0.25, 0.3) is 0 Å². The fourth-order valence-corrected chi connectivity index (χ4v) is 4.40. The monoisotopic (exact) mass is 322 g/mol. The van der Waals surface area contributed by atoms with Crippen molar-refractivity contribution in [3.63, 3.8) is 0 Å². The van der Waals surface area contributed by atoms with E-state index in [0.29, 0.717) is 11.8 Å². The predicted molar refractivity (Wildman–Crippen MR) is 97.4 cm³/mol. The predicted octanol–water partition coefficient (Wildman–Crippen LogP) is 4.03. The van der Waals surface area contributed by atoms with Crippen LogP contribution in [-0.4, -0.2) is 48.4 Å². The number of amides is 1. The van der Waals surface area contributed by atoms with Crippen LogP contribution in [0.2, 0.25) is 0 Å². The van der Waals surface area contributed by atoms with Crippen molar-refractivity contribution in [1.82, 2.24) is 9.80 Å². The van der Waals surface area contributed by atoms with E-state index in [4.69, 9.17) is 0 Å². The van der Waals surface area contributed by atoms with Crippen LogP contribution in [0, 0.1) is 23.7 Å². The molecule has 2 aliphatic heterocycles. The van der Waals surface area contributed by atoms with Gasteiger partial charge in [0, 0.05) is 19.5 Å². The number of hydrogen-bond donors (Lipinski definition) is 0. The highest BCUT2D eigenvalue weighted by Crippen LogP contribution is 2.29. The van der Waals surface area contributed by atoms with Crippen LogP contribution in [-0.2, 0) is 4.79 Å². The van der Waals surface area contributed by atoms with Gasteiger partial charge in [-0.1, -0.05) is 27.7 Å². The van der Waals surface area contributed by atoms with E-state index >= 15 is 0 Å². The second-order valence-electron chi connectivity index (χ2n) is 8.25. The molecule has 0 aromatic rings. The molecule has 0 aliphatic carbocycles. The molecule has 0 aromatic heterocycles. The summed E-state index contributed by atoms with van der Waals surface area (Å²) in [6, 6.07) is 0. The van der Waals surface area contributed by atoms with Gasteiger partial charge in [-0.25, -0.2) is 0 Å². The Morgan fingerprint density at radius 3 is 2.04 bits per heavy atom. The summed E-state index contributed by atoms with van der Waals surface area (Å²) in [6.45, 7) is 14.9. The van der Waals surface area contributed by atoms with E-state index in [9.17, 15) is 4.79 Å². The van der Waals surface area contributed by atoms with Gasteiger partial charge in [0.1, 0.15) is 0 Å². The van der Waals surface area contributed by atoms with Crippen molar-refractivity contribution in [3.05, 3.63) is 0 Å². The van der Waals surface area contributed by atoms with E-state index in [2.05, 4.69) is 37.5 Å². The Hall–Kier alpha value is -0.570. The van der Waals surface area contributed by atoms with Crippen molar-refractivity contribution in [2.75, 3.05) is 32.7 Å². The highest BCUT2D eigenvalue weighted by atomic mass is 16.2. The zero-order chi connectivity index (χ0) is 16.8. The quantitative estimate of drug-likeness (QED) is 0.737. The van der Waals surface area contributed by atoms with Gasteiger partial charge in [0.2, 0.25) is 5.91 Å². The van der Waals surface area contributed by atoms with Gasteiger partial charge >= 0.3 is 0 Å². The molecule has 2 aliphatic rings. The van der Waals surface area contributed by atoms with Crippen LogP contribution in [0.5, 0.6) is 0 Å². The molecule has 0 bridgehead atoms. The number of nitrogens with zero attached hydrogens (tertiary/aromatic N) is 2. The number of likely N-dealkylation sites (tertiary alicyclic amines) is 2. The van der Waals surface area contributed by atoms with Crippen LogP contribution in [0.3, 0.4) is 0 Å². The summed E-state index contributed by atoms with van der Waals surface area (Å²) < 4.78 is 0. The molecule has 0 spiro atoms. The largest absolute Gasteiger partial charge is 0.343 e. The van der Waals surface area contributed by atoms with E-state index < -0.39 is 0 Å². The van der Waals surface area contributed by atoms with Crippen LogP contribution < -0.4 is 0 Å². The average molecular weight is 323 g/mol. The van der Waals surface area contributed by atoms with Crippen LogP contribution >= 0.6 is 0 Å². The number of piperidine rings is 2. The highest BCUT2D eigenvalue weighted by Gasteiger charge is 2.26. The highest BCUT2D eigenvalue weighted by molar-refractivity contribution is 5.76. The van der Waals surface area contributed by atoms with Crippen LogP contribution in [0.4, 0.5) is 0 Å². The van der Waals surface area contributed by atoms with E-state index in [-0.39, 0.29) is 0 Å². The smallest absolute Gasteiger partial charge is 0.222 e. The van der Waals surface area contributed by atoms with E-state index in [0.717, 1.165) is 43.7 Å². The van der Waals surface area contributed by atoms with Crippen molar-refractivity contribution >= 4 is 5.91 Å². The first-order chi connectivity index (χ1) is 11.0. The second kappa shape index (κ2) is 9.05. The zero-order valence-corrected chi connectivity index (χ0v) is 15.9. The third-order valence-electron chi connectivity index (χ3n) is 6.53. The Morgan fingerprint density at radius 2 is 1.52 bits per heavy atom. The first kappa shape index (κ1) is 18.8. The summed E-state index contributed by atoms with van der Waals surface area (Å²) in [6.07, 6.45) is 6.90. The minimum absolute atomic E-state index is 0.407. The fourth-order valence-electron chi connectivity index (χ4n) is 4.40. The summed E-state index contributed by atoms with van der Waals surface area (Å²) in [4.78, 5) is 17.2. The van der Waals surface area contributed by atoms with Gasteiger partial charge in [-0.3, -0.25) is 4.79 Å². The lowest BCUT2D eigenvalue weighted by Gasteiger charge is -2.35. The summed E-state index contributed by atoms with van der Waals surface area (Å²) >= 11 is 0. The van der Waals surface area contributed by atoms with Crippen molar-refractivity contribution in [3.8, 4) is 0 Å². The third kappa shape index (κ3) is 5.48. The molecule has 0 N–H and O–H groups in total. The fraction of sp³-hybridized carbons (Fsp3) is 0.950. The minimum Gasteiger partial charge on any atom is -0.343 e. The molecule has 3 nitrogen and oxygen atoms in total. The molecule has 0 radical (unpaired) electrons. The molecule has 3 heteroatoms. The maximum absolute atomic E-state index is 12.5. The molecule has 1 atom stereocenters. The van der Waals surface area contributed by atoms with Gasteiger partial charge < -0.3 is 9.80 Å². The van der Waals surface area contributed by atoms with E-state index in [1.54, 1.807) is 0 Å². The second-order valence-corrected chi connectivity index (χ2v) is 8.25. The van der Waals surface area contributed by atoms with Gasteiger partial charge in [0.15, 0.2) is 0 Å². The summed E-state index contributed by atoms with van der Waals surface area (Å²) in [7, 11) is 0. The molecule has 2 saturated heterocycles. The van der Waals surface area contributed by atoms with Gasteiger partial charge in [-0.05, 0) is 75.4 Å². The normalized spacial score (nSPS) is 23.4. The Bertz CT molecular complexity index is 353. The van der Waals surface area contributed by atoms with Crippen molar-refractivity contribution < 1.29 is 4.79 Å². The van der Waals surface area contributed by atoms with Gasteiger partial charge in [0.25, 0.3) is 0 Å². The number of carbonyl (C=O) groups excluding carboxylic acids is 1. The molecule has 2 rings (SSSR count). The van der Waals surface area contributed by atoms with E-state index in [1.807, 2.05) is 0 Å². The van der Waals surface area contributed by atoms with Gasteiger partial charge in [-0.15, -0.1) is 0 Å². The SMILES string of the molecule is CCN1CCC(C(C)CCC(=O)N2CCC(C(C)C)CC2)CC1. The third-order valence-corrected chi connectivity index (χ3v) is 6.53. The molecule has 2 fully saturated rings. The number of hydrogen-bond acceptors (Lipinski definition) is 2. The van der Waals surface area contributed by atoms with E-state index in [1.165, 1.54) is 45.3 Å². The standard InChI is InChI=1S/C20H38N2O/c1-5-21-12-8-19(9-13-21)17(4)6-7-20(23)22-14-10-18(11-15-22)16(2)3/h16-19H,5-15H2,1-4H3. The first-order valence-electron chi connectivity index (χ1n) is 10.0. The number of rotatable bonds is 6. The Labute approximate surface area is 143 Å². The summed E-state index contributed by atoms with van der Waals surface area (Å²) in [5, 5.41) is 0. The lowest BCUT2D eigenvalue weighted by atomic mass is 9.82. The molecule has 2 heterocycles. The summed E-state index contributed by atoms with van der Waals surface area (Å²) in [5.41, 5.74) is 0. The van der Waals surface area contributed by atoms with Gasteiger partial charge in [-0.2, -0.15) is 0 Å². The van der Waals surface area contributed by atoms with Crippen LogP contribution in [0.15, 0.2) is 0 Å². The minimum atomic E-state index is 0.407. The zero-order valence-electron chi connectivity index (χ0n) is 15.9. The molecule has 134 valence electrons. The Balaban J connectivity index is 1.66. The van der Waals surface area contributed by atoms with Crippen LogP contribution in [0.1, 0.15) is 66.2 Å². The molecule has 1 unspecified atom stereocenters. The van der Waals surface area contributed by atoms with Crippen molar-refractivity contribution in [2.24, 2.45) is 23.7 Å². The molecular weight excluding hydrogens is 284 g/mol. The molecule has 0 aromatic carbocycles. The lowest BCUT2D eigenvalue weighted by Crippen LogP contribution is -2.40.